The fourth-order valence-corrected chi connectivity index (χ4v) is 5.79. The SMILES string of the molecule is CCOC(=O)C(C(=O)N[C@@H]1C(=O)N2[C@@H]1SC(C)(C)[C@@H]2C(=O)O)n1cc(C)c(=O)cc1CC. The van der Waals surface area contributed by atoms with E-state index in [-0.39, 0.29) is 12.0 Å². The first kappa shape index (κ1) is 23.8. The number of esters is 1. The van der Waals surface area contributed by atoms with Crippen molar-refractivity contribution < 1.29 is 29.0 Å². The maximum atomic E-state index is 13.2. The molecule has 1 aromatic heterocycles. The predicted molar refractivity (Wildman–Crippen MR) is 116 cm³/mol. The van der Waals surface area contributed by atoms with Crippen LogP contribution in [0.4, 0.5) is 0 Å². The van der Waals surface area contributed by atoms with Crippen molar-refractivity contribution in [1.82, 2.24) is 14.8 Å². The molecule has 0 saturated carbocycles. The van der Waals surface area contributed by atoms with Gasteiger partial charge in [0.15, 0.2) is 5.43 Å². The molecule has 2 amide bonds. The molecule has 0 aliphatic carbocycles. The maximum Gasteiger partial charge on any atom is 0.339 e. The van der Waals surface area contributed by atoms with E-state index in [0.717, 1.165) is 0 Å². The van der Waals surface area contributed by atoms with Crippen LogP contribution in [0.1, 0.15) is 45.0 Å². The third-order valence-electron chi connectivity index (χ3n) is 5.72. The number of aromatic nitrogens is 1. The minimum atomic E-state index is -1.43. The van der Waals surface area contributed by atoms with Crippen LogP contribution >= 0.6 is 11.8 Å². The van der Waals surface area contributed by atoms with Crippen LogP contribution < -0.4 is 10.7 Å². The Kier molecular flexibility index (Phi) is 6.41. The molecule has 10 nitrogen and oxygen atoms in total. The number of hydrogen-bond acceptors (Lipinski definition) is 7. The molecule has 3 rings (SSSR count). The molecule has 174 valence electrons. The number of fused-ring (bicyclic) bond motifs is 1. The normalized spacial score (nSPS) is 24.3. The summed E-state index contributed by atoms with van der Waals surface area (Å²) in [4.78, 5) is 63.7. The van der Waals surface area contributed by atoms with Gasteiger partial charge in [-0.15, -0.1) is 11.8 Å². The molecule has 2 N–H and O–H groups in total. The van der Waals surface area contributed by atoms with Gasteiger partial charge in [-0.25, -0.2) is 9.59 Å². The summed E-state index contributed by atoms with van der Waals surface area (Å²) in [6, 6.07) is -2.02. The zero-order valence-corrected chi connectivity index (χ0v) is 19.4. The van der Waals surface area contributed by atoms with Crippen LogP contribution in [0.2, 0.25) is 0 Å². The van der Waals surface area contributed by atoms with Crippen molar-refractivity contribution in [3.8, 4) is 0 Å². The fraction of sp³-hybridized carbons (Fsp3) is 0.571. The molecule has 0 radical (unpaired) electrons. The molecule has 2 fully saturated rings. The highest BCUT2D eigenvalue weighted by Gasteiger charge is 2.64. The minimum Gasteiger partial charge on any atom is -0.480 e. The topological polar surface area (TPSA) is 135 Å². The van der Waals surface area contributed by atoms with E-state index in [0.29, 0.717) is 17.7 Å². The van der Waals surface area contributed by atoms with Gasteiger partial charge in [-0.05, 0) is 34.1 Å². The lowest BCUT2D eigenvalue weighted by Crippen LogP contribution is -2.71. The number of carboxylic acids is 1. The Balaban J connectivity index is 1.91. The van der Waals surface area contributed by atoms with E-state index < -0.39 is 52.0 Å². The molecule has 32 heavy (non-hydrogen) atoms. The lowest BCUT2D eigenvalue weighted by Gasteiger charge is -2.43. The number of ether oxygens (including phenoxy) is 1. The molecule has 2 aliphatic rings. The first-order valence-electron chi connectivity index (χ1n) is 10.4. The van der Waals surface area contributed by atoms with E-state index in [1.165, 1.54) is 33.5 Å². The highest BCUT2D eigenvalue weighted by Crippen LogP contribution is 2.50. The molecule has 1 aromatic rings. The second kappa shape index (κ2) is 8.61. The van der Waals surface area contributed by atoms with Crippen molar-refractivity contribution in [3.63, 3.8) is 0 Å². The number of aryl methyl sites for hydroxylation is 2. The van der Waals surface area contributed by atoms with Crippen LogP contribution in [0.15, 0.2) is 17.1 Å². The van der Waals surface area contributed by atoms with Gasteiger partial charge in [-0.2, -0.15) is 0 Å². The van der Waals surface area contributed by atoms with Gasteiger partial charge in [0.2, 0.25) is 11.9 Å². The summed E-state index contributed by atoms with van der Waals surface area (Å²) in [5, 5.41) is 11.6. The van der Waals surface area contributed by atoms with E-state index in [2.05, 4.69) is 5.32 Å². The van der Waals surface area contributed by atoms with E-state index in [1.807, 2.05) is 0 Å². The molecule has 1 unspecified atom stereocenters. The minimum absolute atomic E-state index is 0.0480. The van der Waals surface area contributed by atoms with Gasteiger partial charge in [0.25, 0.3) is 5.91 Å². The molecule has 11 heteroatoms. The number of carbonyl (C=O) groups is 4. The number of carboxylic acid groups (broad SMARTS) is 1. The molecule has 0 aromatic carbocycles. The van der Waals surface area contributed by atoms with Gasteiger partial charge in [-0.1, -0.05) is 6.92 Å². The number of nitrogens with zero attached hydrogens (tertiary/aromatic N) is 2. The summed E-state index contributed by atoms with van der Waals surface area (Å²) in [7, 11) is 0. The zero-order chi connectivity index (χ0) is 24.0. The smallest absolute Gasteiger partial charge is 0.339 e. The fourth-order valence-electron chi connectivity index (χ4n) is 4.17. The summed E-state index contributed by atoms with van der Waals surface area (Å²) in [6.07, 6.45) is 1.83. The second-order valence-corrected chi connectivity index (χ2v) is 10.1. The van der Waals surface area contributed by atoms with Gasteiger partial charge in [0, 0.05) is 28.3 Å². The average molecular weight is 466 g/mol. The zero-order valence-electron chi connectivity index (χ0n) is 18.6. The third kappa shape index (κ3) is 3.89. The highest BCUT2D eigenvalue weighted by atomic mass is 32.2. The second-order valence-electron chi connectivity index (χ2n) is 8.31. The standard InChI is InChI=1S/C21H27N3O7S/c1-6-11-8-12(25)10(3)9-23(11)14(20(30)31-7-2)16(26)22-13-17(27)24-15(19(28)29)21(4,5)32-18(13)24/h8-9,13-15,18H,6-7H2,1-5H3,(H,22,26)(H,28,29)/t13-,14?,15+,18-/m1/s1. The van der Waals surface area contributed by atoms with Crippen molar-refractivity contribution in [3.05, 3.63) is 33.7 Å². The van der Waals surface area contributed by atoms with Gasteiger partial charge < -0.3 is 24.6 Å². The van der Waals surface area contributed by atoms with Crippen molar-refractivity contribution in [1.29, 1.82) is 0 Å². The van der Waals surface area contributed by atoms with Gasteiger partial charge >= 0.3 is 11.9 Å². The van der Waals surface area contributed by atoms with Gasteiger partial charge in [0.05, 0.1) is 6.61 Å². The number of amides is 2. The molecule has 3 heterocycles. The lowest BCUT2D eigenvalue weighted by atomic mass is 9.96. The molecule has 0 spiro atoms. The largest absolute Gasteiger partial charge is 0.480 e. The van der Waals surface area contributed by atoms with Crippen LogP contribution in [0, 0.1) is 6.92 Å². The molecule has 0 bridgehead atoms. The summed E-state index contributed by atoms with van der Waals surface area (Å²) < 4.78 is 5.76. The van der Waals surface area contributed by atoms with Crippen LogP contribution in [-0.4, -0.2) is 67.1 Å². The maximum absolute atomic E-state index is 13.2. The summed E-state index contributed by atoms with van der Waals surface area (Å²) >= 11 is 1.29. The molecular formula is C21H27N3O7S. The third-order valence-corrected chi connectivity index (χ3v) is 7.29. The first-order chi connectivity index (χ1) is 14.9. The number of β-lactam (4-membered cyclic amide) rings is 1. The van der Waals surface area contributed by atoms with E-state index in [4.69, 9.17) is 4.74 Å². The van der Waals surface area contributed by atoms with Crippen molar-refractivity contribution in [2.45, 2.75) is 69.3 Å². The monoisotopic (exact) mass is 465 g/mol. The average Bonchev–Trinajstić information content (AvgIpc) is 2.97. The van der Waals surface area contributed by atoms with Crippen LogP contribution in [0.3, 0.4) is 0 Å². The van der Waals surface area contributed by atoms with Crippen molar-refractivity contribution in [2.24, 2.45) is 0 Å². The Labute approximate surface area is 189 Å². The van der Waals surface area contributed by atoms with Gasteiger partial charge in [0.1, 0.15) is 17.5 Å². The first-order valence-corrected chi connectivity index (χ1v) is 11.2. The predicted octanol–water partition coefficient (Wildman–Crippen LogP) is 0.455. The molecule has 4 atom stereocenters. The Hall–Kier alpha value is -2.82. The number of thioether (sulfide) groups is 1. The van der Waals surface area contributed by atoms with E-state index >= 15 is 0 Å². The molecule has 2 aliphatic heterocycles. The van der Waals surface area contributed by atoms with E-state index in [1.54, 1.807) is 34.6 Å². The number of nitrogens with one attached hydrogen (secondary N) is 1. The number of hydrogen-bond donors (Lipinski definition) is 2. The highest BCUT2D eigenvalue weighted by molar-refractivity contribution is 8.01. The van der Waals surface area contributed by atoms with E-state index in [9.17, 15) is 29.1 Å². The number of carbonyl (C=O) groups excluding carboxylic acids is 3. The summed E-state index contributed by atoms with van der Waals surface area (Å²) in [5.74, 6) is -3.18. The number of pyridine rings is 1. The quantitative estimate of drug-likeness (QED) is 0.337. The van der Waals surface area contributed by atoms with Gasteiger partial charge in [-0.3, -0.25) is 14.4 Å². The van der Waals surface area contributed by atoms with Crippen LogP contribution in [0.25, 0.3) is 0 Å². The van der Waals surface area contributed by atoms with Crippen molar-refractivity contribution >= 4 is 35.5 Å². The number of aliphatic carboxylic acids is 1. The Morgan fingerprint density at radius 3 is 2.50 bits per heavy atom. The Bertz CT molecular complexity index is 1030. The Morgan fingerprint density at radius 1 is 1.28 bits per heavy atom. The lowest BCUT2D eigenvalue weighted by molar-refractivity contribution is -0.162. The molecule has 2 saturated heterocycles. The number of rotatable bonds is 7. The summed E-state index contributed by atoms with van der Waals surface area (Å²) in [5.41, 5.74) is 0.612. The molecular weight excluding hydrogens is 438 g/mol. The van der Waals surface area contributed by atoms with Crippen LogP contribution in [0.5, 0.6) is 0 Å². The van der Waals surface area contributed by atoms with Crippen LogP contribution in [-0.2, 0) is 30.3 Å². The summed E-state index contributed by atoms with van der Waals surface area (Å²) in [6.45, 7) is 8.50. The Morgan fingerprint density at radius 2 is 1.94 bits per heavy atom. The van der Waals surface area contributed by atoms with Crippen molar-refractivity contribution in [2.75, 3.05) is 6.61 Å².